The number of hydrogen-bond acceptors (Lipinski definition) is 3. The summed E-state index contributed by atoms with van der Waals surface area (Å²) in [6.45, 7) is 4.34. The number of ether oxygens (including phenoxy) is 1. The molecule has 0 spiro atoms. The van der Waals surface area contributed by atoms with Gasteiger partial charge in [0.05, 0.1) is 13.3 Å². The highest BCUT2D eigenvalue weighted by Crippen LogP contribution is 2.58. The van der Waals surface area contributed by atoms with Crippen LogP contribution >= 0.6 is 0 Å². The van der Waals surface area contributed by atoms with Crippen LogP contribution in [-0.4, -0.2) is 22.0 Å². The number of methoxy groups -OCH3 is 1. The first-order valence-electron chi connectivity index (χ1n) is 5.21. The molecule has 0 aliphatic heterocycles. The Morgan fingerprint density at radius 2 is 2.27 bits per heavy atom. The van der Waals surface area contributed by atoms with E-state index in [2.05, 4.69) is 18.9 Å². The van der Waals surface area contributed by atoms with Gasteiger partial charge in [-0.15, -0.1) is 0 Å². The molecule has 4 heteroatoms. The molecular weight excluding hydrogens is 192 g/mol. The molecule has 0 bridgehead atoms. The van der Waals surface area contributed by atoms with Gasteiger partial charge in [-0.25, -0.2) is 0 Å². The molecule has 1 aliphatic carbocycles. The van der Waals surface area contributed by atoms with Gasteiger partial charge in [0.15, 0.2) is 5.75 Å². The summed E-state index contributed by atoms with van der Waals surface area (Å²) in [6.07, 6.45) is 2.23. The number of nitrogens with zero attached hydrogens (tertiary/aromatic N) is 2. The van der Waals surface area contributed by atoms with E-state index in [9.17, 15) is 5.11 Å². The third-order valence-corrected chi connectivity index (χ3v) is 3.42. The maximum absolute atomic E-state index is 10.2. The Bertz CT molecular complexity index is 371. The zero-order chi connectivity index (χ0) is 11.2. The van der Waals surface area contributed by atoms with Gasteiger partial charge in [-0.05, 0) is 17.8 Å². The number of aryl methyl sites for hydroxylation is 1. The van der Waals surface area contributed by atoms with Crippen LogP contribution in [0, 0.1) is 11.3 Å². The number of aromatic nitrogens is 2. The SMILES string of the molecule is COc1cnn(C)c1C(O)C1CC1(C)C. The van der Waals surface area contributed by atoms with Crippen LogP contribution < -0.4 is 4.74 Å². The van der Waals surface area contributed by atoms with E-state index in [-0.39, 0.29) is 5.41 Å². The molecule has 15 heavy (non-hydrogen) atoms. The third-order valence-electron chi connectivity index (χ3n) is 3.42. The van der Waals surface area contributed by atoms with E-state index < -0.39 is 6.10 Å². The normalized spacial score (nSPS) is 25.0. The van der Waals surface area contributed by atoms with Gasteiger partial charge in [0.2, 0.25) is 0 Å². The van der Waals surface area contributed by atoms with Gasteiger partial charge in [0.1, 0.15) is 11.8 Å². The van der Waals surface area contributed by atoms with Crippen LogP contribution in [0.5, 0.6) is 5.75 Å². The smallest absolute Gasteiger partial charge is 0.162 e. The van der Waals surface area contributed by atoms with Gasteiger partial charge in [0, 0.05) is 7.05 Å². The van der Waals surface area contributed by atoms with Crippen molar-refractivity contribution in [1.82, 2.24) is 9.78 Å². The first kappa shape index (κ1) is 10.5. The fraction of sp³-hybridized carbons (Fsp3) is 0.727. The van der Waals surface area contributed by atoms with Gasteiger partial charge >= 0.3 is 0 Å². The average Bonchev–Trinajstić information content (AvgIpc) is 2.65. The van der Waals surface area contributed by atoms with E-state index in [1.165, 1.54) is 0 Å². The Hall–Kier alpha value is -1.03. The van der Waals surface area contributed by atoms with Gasteiger partial charge < -0.3 is 9.84 Å². The zero-order valence-electron chi connectivity index (χ0n) is 9.69. The summed E-state index contributed by atoms with van der Waals surface area (Å²) in [5, 5.41) is 14.3. The quantitative estimate of drug-likeness (QED) is 0.822. The molecule has 0 radical (unpaired) electrons. The second-order valence-electron chi connectivity index (χ2n) is 4.97. The molecule has 1 aromatic rings. The predicted octanol–water partition coefficient (Wildman–Crippen LogP) is 1.51. The molecule has 1 fully saturated rings. The van der Waals surface area contributed by atoms with E-state index in [0.717, 1.165) is 12.1 Å². The first-order valence-corrected chi connectivity index (χ1v) is 5.21. The Morgan fingerprint density at radius 3 is 2.73 bits per heavy atom. The average molecular weight is 210 g/mol. The van der Waals surface area contributed by atoms with Crippen molar-refractivity contribution in [1.29, 1.82) is 0 Å². The summed E-state index contributed by atoms with van der Waals surface area (Å²) >= 11 is 0. The summed E-state index contributed by atoms with van der Waals surface area (Å²) in [6, 6.07) is 0. The number of rotatable bonds is 3. The maximum atomic E-state index is 10.2. The zero-order valence-corrected chi connectivity index (χ0v) is 9.69. The number of aliphatic hydroxyl groups excluding tert-OH is 1. The Balaban J connectivity index is 2.25. The number of hydrogen-bond donors (Lipinski definition) is 1. The van der Waals surface area contributed by atoms with E-state index in [0.29, 0.717) is 11.7 Å². The van der Waals surface area contributed by atoms with Crippen molar-refractivity contribution in [2.24, 2.45) is 18.4 Å². The van der Waals surface area contributed by atoms with Crippen LogP contribution in [0.4, 0.5) is 0 Å². The van der Waals surface area contributed by atoms with Crippen LogP contribution in [-0.2, 0) is 7.05 Å². The summed E-state index contributed by atoms with van der Waals surface area (Å²) in [5.41, 5.74) is 1.03. The first-order chi connectivity index (χ1) is 6.97. The minimum Gasteiger partial charge on any atom is -0.493 e. The lowest BCUT2D eigenvalue weighted by atomic mass is 10.0. The van der Waals surface area contributed by atoms with Gasteiger partial charge in [0.25, 0.3) is 0 Å². The predicted molar refractivity (Wildman–Crippen MR) is 56.6 cm³/mol. The van der Waals surface area contributed by atoms with E-state index >= 15 is 0 Å². The molecule has 2 atom stereocenters. The molecular formula is C11H18N2O2. The molecule has 1 N–H and O–H groups in total. The second kappa shape index (κ2) is 3.23. The van der Waals surface area contributed by atoms with Crippen molar-refractivity contribution in [2.45, 2.75) is 26.4 Å². The fourth-order valence-electron chi connectivity index (χ4n) is 2.16. The second-order valence-corrected chi connectivity index (χ2v) is 4.97. The van der Waals surface area contributed by atoms with Crippen LogP contribution in [0.1, 0.15) is 32.1 Å². The lowest BCUT2D eigenvalue weighted by Crippen LogP contribution is -2.11. The molecule has 2 rings (SSSR count). The lowest BCUT2D eigenvalue weighted by Gasteiger charge is -2.14. The third kappa shape index (κ3) is 1.63. The molecule has 2 unspecified atom stereocenters. The van der Waals surface area contributed by atoms with Gasteiger partial charge in [-0.1, -0.05) is 13.8 Å². The van der Waals surface area contributed by atoms with Crippen molar-refractivity contribution < 1.29 is 9.84 Å². The Labute approximate surface area is 89.9 Å². The largest absolute Gasteiger partial charge is 0.493 e. The molecule has 4 nitrogen and oxygen atoms in total. The molecule has 1 heterocycles. The molecule has 1 aromatic heterocycles. The molecule has 0 saturated heterocycles. The Morgan fingerprint density at radius 1 is 1.67 bits per heavy atom. The van der Waals surface area contributed by atoms with Crippen LogP contribution in [0.15, 0.2) is 6.20 Å². The summed E-state index contributed by atoms with van der Waals surface area (Å²) in [7, 11) is 3.43. The highest BCUT2D eigenvalue weighted by molar-refractivity contribution is 5.29. The molecule has 1 saturated carbocycles. The monoisotopic (exact) mass is 210 g/mol. The van der Waals surface area contributed by atoms with E-state index in [1.807, 2.05) is 7.05 Å². The van der Waals surface area contributed by atoms with Crippen molar-refractivity contribution in [2.75, 3.05) is 7.11 Å². The van der Waals surface area contributed by atoms with Crippen molar-refractivity contribution in [3.8, 4) is 5.75 Å². The lowest BCUT2D eigenvalue weighted by molar-refractivity contribution is 0.126. The van der Waals surface area contributed by atoms with Crippen molar-refractivity contribution >= 4 is 0 Å². The van der Waals surface area contributed by atoms with E-state index in [1.54, 1.807) is 18.0 Å². The highest BCUT2D eigenvalue weighted by Gasteiger charge is 2.51. The van der Waals surface area contributed by atoms with Crippen molar-refractivity contribution in [3.63, 3.8) is 0 Å². The molecule has 0 aromatic carbocycles. The van der Waals surface area contributed by atoms with Crippen LogP contribution in [0.3, 0.4) is 0 Å². The summed E-state index contributed by atoms with van der Waals surface area (Å²) in [4.78, 5) is 0. The minimum atomic E-state index is -0.470. The van der Waals surface area contributed by atoms with Crippen LogP contribution in [0.25, 0.3) is 0 Å². The highest BCUT2D eigenvalue weighted by atomic mass is 16.5. The summed E-state index contributed by atoms with van der Waals surface area (Å²) < 4.78 is 6.88. The maximum Gasteiger partial charge on any atom is 0.162 e. The Kier molecular flexibility index (Phi) is 2.26. The van der Waals surface area contributed by atoms with Crippen LogP contribution in [0.2, 0.25) is 0 Å². The number of aliphatic hydroxyl groups is 1. The van der Waals surface area contributed by atoms with E-state index in [4.69, 9.17) is 4.74 Å². The standard InChI is InChI=1S/C11H18N2O2/c1-11(2)5-7(11)10(14)9-8(15-4)6-12-13(9)3/h6-7,10,14H,5H2,1-4H3. The van der Waals surface area contributed by atoms with Gasteiger partial charge in [-0.2, -0.15) is 5.10 Å². The molecule has 84 valence electrons. The van der Waals surface area contributed by atoms with Gasteiger partial charge in [-0.3, -0.25) is 4.68 Å². The minimum absolute atomic E-state index is 0.245. The van der Waals surface area contributed by atoms with Crippen molar-refractivity contribution in [3.05, 3.63) is 11.9 Å². The fourth-order valence-corrected chi connectivity index (χ4v) is 2.16. The molecule has 0 amide bonds. The topological polar surface area (TPSA) is 47.3 Å². The molecule has 1 aliphatic rings. The summed E-state index contributed by atoms with van der Waals surface area (Å²) in [5.74, 6) is 0.995.